The lowest BCUT2D eigenvalue weighted by molar-refractivity contribution is 0.198. The molecule has 0 amide bonds. The number of ether oxygens (including phenoxy) is 1. The van der Waals surface area contributed by atoms with Crippen LogP contribution in [-0.4, -0.2) is 20.3 Å². The standard InChI is InChI=1S/C14H17NO/c1-16-11-5-10-15-14-9-4-7-12-6-2-3-8-13(12)14/h2-4,6-9,15H,5,10-11H2,1H3. The van der Waals surface area contributed by atoms with E-state index in [4.69, 9.17) is 4.74 Å². The summed E-state index contributed by atoms with van der Waals surface area (Å²) in [6, 6.07) is 14.8. The Morgan fingerprint density at radius 3 is 2.75 bits per heavy atom. The Hall–Kier alpha value is -1.54. The van der Waals surface area contributed by atoms with Crippen LogP contribution in [0.4, 0.5) is 5.69 Å². The zero-order valence-electron chi connectivity index (χ0n) is 9.57. The molecule has 0 heterocycles. The maximum atomic E-state index is 5.03. The van der Waals surface area contributed by atoms with Crippen LogP contribution < -0.4 is 5.32 Å². The third kappa shape index (κ3) is 2.52. The Balaban J connectivity index is 2.11. The summed E-state index contributed by atoms with van der Waals surface area (Å²) in [4.78, 5) is 0. The average Bonchev–Trinajstić information content (AvgIpc) is 2.35. The summed E-state index contributed by atoms with van der Waals surface area (Å²) < 4.78 is 5.03. The smallest absolute Gasteiger partial charge is 0.0479 e. The van der Waals surface area contributed by atoms with Gasteiger partial charge in [0.25, 0.3) is 0 Å². The van der Waals surface area contributed by atoms with Gasteiger partial charge in [0.15, 0.2) is 0 Å². The normalized spacial score (nSPS) is 10.6. The largest absolute Gasteiger partial charge is 0.385 e. The lowest BCUT2D eigenvalue weighted by Gasteiger charge is -2.09. The Bertz CT molecular complexity index is 448. The molecule has 0 aliphatic rings. The van der Waals surface area contributed by atoms with Crippen molar-refractivity contribution in [3.63, 3.8) is 0 Å². The summed E-state index contributed by atoms with van der Waals surface area (Å²) in [6.45, 7) is 1.75. The summed E-state index contributed by atoms with van der Waals surface area (Å²) in [7, 11) is 1.73. The second kappa shape index (κ2) is 5.52. The molecule has 2 aromatic carbocycles. The van der Waals surface area contributed by atoms with Crippen molar-refractivity contribution in [2.24, 2.45) is 0 Å². The highest BCUT2D eigenvalue weighted by Crippen LogP contribution is 2.22. The van der Waals surface area contributed by atoms with Crippen molar-refractivity contribution in [2.45, 2.75) is 6.42 Å². The van der Waals surface area contributed by atoms with Gasteiger partial charge in [-0.25, -0.2) is 0 Å². The number of rotatable bonds is 5. The van der Waals surface area contributed by atoms with Crippen LogP contribution in [0.3, 0.4) is 0 Å². The van der Waals surface area contributed by atoms with Crippen LogP contribution in [0.15, 0.2) is 42.5 Å². The Morgan fingerprint density at radius 2 is 1.88 bits per heavy atom. The monoisotopic (exact) mass is 215 g/mol. The maximum Gasteiger partial charge on any atom is 0.0479 e. The lowest BCUT2D eigenvalue weighted by atomic mass is 10.1. The quantitative estimate of drug-likeness (QED) is 0.773. The van der Waals surface area contributed by atoms with Crippen LogP contribution in [0.25, 0.3) is 10.8 Å². The van der Waals surface area contributed by atoms with Crippen LogP contribution in [0.2, 0.25) is 0 Å². The average molecular weight is 215 g/mol. The first kappa shape index (κ1) is 11.0. The second-order valence-electron chi connectivity index (χ2n) is 3.80. The van der Waals surface area contributed by atoms with E-state index >= 15 is 0 Å². The first-order valence-electron chi connectivity index (χ1n) is 5.62. The molecule has 2 nitrogen and oxygen atoms in total. The topological polar surface area (TPSA) is 21.3 Å². The van der Waals surface area contributed by atoms with Gasteiger partial charge in [-0.05, 0) is 17.9 Å². The van der Waals surface area contributed by atoms with Gasteiger partial charge in [0.2, 0.25) is 0 Å². The summed E-state index contributed by atoms with van der Waals surface area (Å²) >= 11 is 0. The number of hydrogen-bond donors (Lipinski definition) is 1. The third-order valence-corrected chi connectivity index (χ3v) is 2.63. The van der Waals surface area contributed by atoms with Gasteiger partial charge in [-0.2, -0.15) is 0 Å². The molecule has 0 spiro atoms. The van der Waals surface area contributed by atoms with Crippen LogP contribution in [-0.2, 0) is 4.74 Å². The van der Waals surface area contributed by atoms with Gasteiger partial charge in [-0.3, -0.25) is 0 Å². The van der Waals surface area contributed by atoms with Gasteiger partial charge in [0, 0.05) is 31.3 Å². The minimum atomic E-state index is 0.803. The molecule has 0 aromatic heterocycles. The molecule has 0 aliphatic heterocycles. The second-order valence-corrected chi connectivity index (χ2v) is 3.80. The number of hydrogen-bond acceptors (Lipinski definition) is 2. The van der Waals surface area contributed by atoms with E-state index in [1.165, 1.54) is 16.5 Å². The van der Waals surface area contributed by atoms with Gasteiger partial charge in [-0.15, -0.1) is 0 Å². The van der Waals surface area contributed by atoms with Crippen molar-refractivity contribution >= 4 is 16.5 Å². The predicted octanol–water partition coefficient (Wildman–Crippen LogP) is 3.29. The summed E-state index contributed by atoms with van der Waals surface area (Å²) in [5, 5.41) is 6.00. The van der Waals surface area contributed by atoms with Crippen molar-refractivity contribution in [2.75, 3.05) is 25.6 Å². The zero-order valence-corrected chi connectivity index (χ0v) is 9.57. The molecular formula is C14H17NO. The van der Waals surface area contributed by atoms with Crippen LogP contribution in [0, 0.1) is 0 Å². The fraction of sp³-hybridized carbons (Fsp3) is 0.286. The van der Waals surface area contributed by atoms with E-state index in [-0.39, 0.29) is 0 Å². The molecule has 0 atom stereocenters. The van der Waals surface area contributed by atoms with Gasteiger partial charge < -0.3 is 10.1 Å². The predicted molar refractivity (Wildman–Crippen MR) is 68.9 cm³/mol. The SMILES string of the molecule is COCCCNc1cccc2ccccc12. The first-order chi connectivity index (χ1) is 7.92. The molecular weight excluding hydrogens is 198 g/mol. The Morgan fingerprint density at radius 1 is 1.06 bits per heavy atom. The summed E-state index contributed by atoms with van der Waals surface area (Å²) in [6.07, 6.45) is 1.03. The molecule has 0 fully saturated rings. The number of anilines is 1. The van der Waals surface area contributed by atoms with Crippen LogP contribution >= 0.6 is 0 Å². The van der Waals surface area contributed by atoms with E-state index in [2.05, 4.69) is 47.8 Å². The fourth-order valence-electron chi connectivity index (χ4n) is 1.82. The van der Waals surface area contributed by atoms with E-state index in [1.54, 1.807) is 7.11 Å². The number of methoxy groups -OCH3 is 1. The Kier molecular flexibility index (Phi) is 3.78. The number of benzene rings is 2. The van der Waals surface area contributed by atoms with Gasteiger partial charge >= 0.3 is 0 Å². The third-order valence-electron chi connectivity index (χ3n) is 2.63. The molecule has 84 valence electrons. The van der Waals surface area contributed by atoms with E-state index in [1.807, 2.05) is 0 Å². The van der Waals surface area contributed by atoms with Crippen molar-refractivity contribution in [3.05, 3.63) is 42.5 Å². The molecule has 0 saturated carbocycles. The van der Waals surface area contributed by atoms with E-state index in [0.717, 1.165) is 19.6 Å². The van der Waals surface area contributed by atoms with Crippen molar-refractivity contribution in [3.8, 4) is 0 Å². The minimum Gasteiger partial charge on any atom is -0.385 e. The lowest BCUT2D eigenvalue weighted by Crippen LogP contribution is -2.04. The maximum absolute atomic E-state index is 5.03. The molecule has 0 saturated heterocycles. The zero-order chi connectivity index (χ0) is 11.2. The molecule has 0 unspecified atom stereocenters. The van der Waals surface area contributed by atoms with Crippen LogP contribution in [0.5, 0.6) is 0 Å². The molecule has 1 N–H and O–H groups in total. The van der Waals surface area contributed by atoms with Crippen LogP contribution in [0.1, 0.15) is 6.42 Å². The highest BCUT2D eigenvalue weighted by molar-refractivity contribution is 5.93. The molecule has 16 heavy (non-hydrogen) atoms. The molecule has 2 aromatic rings. The summed E-state index contributed by atoms with van der Waals surface area (Å²) in [5.74, 6) is 0. The number of nitrogens with one attached hydrogen (secondary N) is 1. The van der Waals surface area contributed by atoms with E-state index in [9.17, 15) is 0 Å². The fourth-order valence-corrected chi connectivity index (χ4v) is 1.82. The Labute approximate surface area is 96.2 Å². The highest BCUT2D eigenvalue weighted by atomic mass is 16.5. The first-order valence-corrected chi connectivity index (χ1v) is 5.62. The van der Waals surface area contributed by atoms with Crippen molar-refractivity contribution in [1.82, 2.24) is 0 Å². The number of fused-ring (bicyclic) bond motifs is 1. The van der Waals surface area contributed by atoms with Crippen molar-refractivity contribution in [1.29, 1.82) is 0 Å². The molecule has 0 aliphatic carbocycles. The van der Waals surface area contributed by atoms with Gasteiger partial charge in [0.05, 0.1) is 0 Å². The minimum absolute atomic E-state index is 0.803. The summed E-state index contributed by atoms with van der Waals surface area (Å²) in [5.41, 5.74) is 1.20. The van der Waals surface area contributed by atoms with E-state index < -0.39 is 0 Å². The molecule has 2 heteroatoms. The molecule has 2 rings (SSSR count). The van der Waals surface area contributed by atoms with E-state index in [0.29, 0.717) is 0 Å². The highest BCUT2D eigenvalue weighted by Gasteiger charge is 1.98. The molecule has 0 radical (unpaired) electrons. The molecule has 0 bridgehead atoms. The van der Waals surface area contributed by atoms with Crippen molar-refractivity contribution < 1.29 is 4.74 Å². The van der Waals surface area contributed by atoms with Gasteiger partial charge in [0.1, 0.15) is 0 Å². The van der Waals surface area contributed by atoms with Gasteiger partial charge in [-0.1, -0.05) is 36.4 Å².